The van der Waals surface area contributed by atoms with Crippen LogP contribution in [0, 0.1) is 6.92 Å². The molecule has 1 aliphatic rings. The van der Waals surface area contributed by atoms with Gasteiger partial charge in [-0.05, 0) is 44.2 Å². The molecule has 2 aromatic rings. The summed E-state index contributed by atoms with van der Waals surface area (Å²) in [6, 6.07) is 2.45. The van der Waals surface area contributed by atoms with Crippen molar-refractivity contribution in [3.05, 3.63) is 37.5 Å². The number of hydrogen-bond donors (Lipinski definition) is 1. The molecule has 2 nitrogen and oxygen atoms in total. The van der Waals surface area contributed by atoms with Gasteiger partial charge < -0.3 is 5.73 Å². The Kier molecular flexibility index (Phi) is 3.50. The summed E-state index contributed by atoms with van der Waals surface area (Å²) in [5.41, 5.74) is 9.01. The molecular formula is C14H18N2S2. The molecular weight excluding hydrogens is 260 g/mol. The van der Waals surface area contributed by atoms with Crippen LogP contribution < -0.4 is 5.73 Å². The van der Waals surface area contributed by atoms with Crippen molar-refractivity contribution in [3.63, 3.8) is 0 Å². The van der Waals surface area contributed by atoms with Crippen molar-refractivity contribution in [2.24, 2.45) is 5.73 Å². The van der Waals surface area contributed by atoms with Crippen LogP contribution in [-0.4, -0.2) is 4.98 Å². The minimum Gasteiger partial charge on any atom is -0.323 e. The lowest BCUT2D eigenvalue weighted by Gasteiger charge is -2.08. The monoisotopic (exact) mass is 278 g/mol. The number of hydrogen-bond acceptors (Lipinski definition) is 4. The normalized spacial score (nSPS) is 16.6. The Balaban J connectivity index is 1.75. The zero-order valence-corrected chi connectivity index (χ0v) is 12.2. The lowest BCUT2D eigenvalue weighted by Crippen LogP contribution is -2.12. The minimum atomic E-state index is 0.113. The second-order valence-corrected chi connectivity index (χ2v) is 7.20. The molecule has 4 heteroatoms. The van der Waals surface area contributed by atoms with Crippen molar-refractivity contribution in [1.29, 1.82) is 0 Å². The summed E-state index contributed by atoms with van der Waals surface area (Å²) in [5.74, 6) is 0. The molecule has 0 spiro atoms. The van der Waals surface area contributed by atoms with Gasteiger partial charge in [-0.3, -0.25) is 0 Å². The van der Waals surface area contributed by atoms with E-state index in [-0.39, 0.29) is 6.04 Å². The van der Waals surface area contributed by atoms with Crippen molar-refractivity contribution in [2.75, 3.05) is 0 Å². The van der Waals surface area contributed by atoms with E-state index in [1.165, 1.54) is 30.6 Å². The third-order valence-electron chi connectivity index (χ3n) is 3.48. The van der Waals surface area contributed by atoms with Crippen LogP contribution in [0.5, 0.6) is 0 Å². The number of aryl methyl sites for hydroxylation is 3. The molecule has 3 rings (SSSR count). The van der Waals surface area contributed by atoms with E-state index in [4.69, 9.17) is 5.73 Å². The summed E-state index contributed by atoms with van der Waals surface area (Å²) in [7, 11) is 0. The van der Waals surface area contributed by atoms with E-state index in [9.17, 15) is 0 Å². The molecule has 0 saturated heterocycles. The lowest BCUT2D eigenvalue weighted by molar-refractivity contribution is 0.694. The van der Waals surface area contributed by atoms with Gasteiger partial charge in [0.2, 0.25) is 0 Å². The maximum absolute atomic E-state index is 6.32. The van der Waals surface area contributed by atoms with Gasteiger partial charge in [-0.15, -0.1) is 22.7 Å². The Morgan fingerprint density at radius 2 is 2.22 bits per heavy atom. The van der Waals surface area contributed by atoms with Crippen LogP contribution in [0.3, 0.4) is 0 Å². The average Bonchev–Trinajstić information content (AvgIpc) is 2.95. The Morgan fingerprint density at radius 1 is 1.39 bits per heavy atom. The first-order chi connectivity index (χ1) is 8.72. The molecule has 2 heterocycles. The second kappa shape index (κ2) is 5.11. The summed E-state index contributed by atoms with van der Waals surface area (Å²) >= 11 is 3.63. The highest BCUT2D eigenvalue weighted by Gasteiger charge is 2.17. The Labute approximate surface area is 116 Å². The van der Waals surface area contributed by atoms with Crippen LogP contribution in [0.4, 0.5) is 0 Å². The predicted molar refractivity (Wildman–Crippen MR) is 78.4 cm³/mol. The molecule has 18 heavy (non-hydrogen) atoms. The van der Waals surface area contributed by atoms with E-state index in [0.717, 1.165) is 17.1 Å². The number of aromatic nitrogens is 1. The lowest BCUT2D eigenvalue weighted by atomic mass is 9.98. The summed E-state index contributed by atoms with van der Waals surface area (Å²) in [6.45, 7) is 2.05. The van der Waals surface area contributed by atoms with Crippen LogP contribution in [0.2, 0.25) is 0 Å². The highest BCUT2D eigenvalue weighted by atomic mass is 32.1. The van der Waals surface area contributed by atoms with E-state index in [2.05, 4.69) is 16.4 Å². The number of thiophene rings is 1. The highest BCUT2D eigenvalue weighted by molar-refractivity contribution is 7.12. The van der Waals surface area contributed by atoms with Crippen molar-refractivity contribution in [3.8, 4) is 0 Å². The first kappa shape index (κ1) is 12.3. The van der Waals surface area contributed by atoms with Gasteiger partial charge in [0, 0.05) is 27.6 Å². The van der Waals surface area contributed by atoms with Crippen LogP contribution in [0.15, 0.2) is 11.4 Å². The summed E-state index contributed by atoms with van der Waals surface area (Å²) < 4.78 is 0. The maximum atomic E-state index is 6.32. The van der Waals surface area contributed by atoms with Gasteiger partial charge in [0.1, 0.15) is 0 Å². The largest absolute Gasteiger partial charge is 0.323 e. The zero-order chi connectivity index (χ0) is 12.5. The fourth-order valence-corrected chi connectivity index (χ4v) is 4.41. The summed E-state index contributed by atoms with van der Waals surface area (Å²) in [4.78, 5) is 7.41. The van der Waals surface area contributed by atoms with Gasteiger partial charge in [-0.1, -0.05) is 0 Å². The number of rotatable bonds is 3. The zero-order valence-electron chi connectivity index (χ0n) is 10.6. The highest BCUT2D eigenvalue weighted by Crippen LogP contribution is 2.33. The molecule has 0 aromatic carbocycles. The van der Waals surface area contributed by atoms with Crippen molar-refractivity contribution < 1.29 is 0 Å². The molecule has 0 bridgehead atoms. The number of thiazole rings is 1. The molecule has 1 atom stereocenters. The fraction of sp³-hybridized carbons (Fsp3) is 0.500. The quantitative estimate of drug-likeness (QED) is 0.931. The maximum Gasteiger partial charge on any atom is 0.0897 e. The number of fused-ring (bicyclic) bond motifs is 1. The Morgan fingerprint density at radius 3 is 2.94 bits per heavy atom. The van der Waals surface area contributed by atoms with Crippen LogP contribution in [-0.2, 0) is 19.3 Å². The second-order valence-electron chi connectivity index (χ2n) is 4.97. The molecule has 1 unspecified atom stereocenters. The van der Waals surface area contributed by atoms with E-state index >= 15 is 0 Å². The van der Waals surface area contributed by atoms with E-state index in [1.807, 2.05) is 18.3 Å². The third kappa shape index (κ3) is 2.51. The number of nitrogens with two attached hydrogens (primary N) is 1. The molecule has 0 saturated carbocycles. The van der Waals surface area contributed by atoms with E-state index in [1.54, 1.807) is 21.8 Å². The van der Waals surface area contributed by atoms with Crippen molar-refractivity contribution >= 4 is 22.7 Å². The van der Waals surface area contributed by atoms with Crippen molar-refractivity contribution in [1.82, 2.24) is 4.98 Å². The third-order valence-corrected chi connectivity index (χ3v) is 5.67. The van der Waals surface area contributed by atoms with E-state index < -0.39 is 0 Å². The van der Waals surface area contributed by atoms with Crippen molar-refractivity contribution in [2.45, 2.75) is 45.1 Å². The van der Waals surface area contributed by atoms with Crippen LogP contribution in [0.1, 0.15) is 44.9 Å². The molecule has 96 valence electrons. The van der Waals surface area contributed by atoms with E-state index in [0.29, 0.717) is 0 Å². The molecule has 0 radical (unpaired) electrons. The molecule has 2 N–H and O–H groups in total. The first-order valence-electron chi connectivity index (χ1n) is 6.50. The predicted octanol–water partition coefficient (Wildman–Crippen LogP) is 3.63. The minimum absolute atomic E-state index is 0.113. The smallest absolute Gasteiger partial charge is 0.0897 e. The van der Waals surface area contributed by atoms with Gasteiger partial charge in [0.15, 0.2) is 0 Å². The van der Waals surface area contributed by atoms with Gasteiger partial charge in [-0.25, -0.2) is 4.98 Å². The molecule has 0 amide bonds. The van der Waals surface area contributed by atoms with Gasteiger partial charge in [0.25, 0.3) is 0 Å². The number of nitrogens with zero attached hydrogens (tertiary/aromatic N) is 1. The standard InChI is InChI=1S/C14H18N2S2/c1-9-16-11(8-17-9)7-12(15)14-6-10-4-2-3-5-13(10)18-14/h6,8,12H,2-5,7,15H2,1H3. The summed E-state index contributed by atoms with van der Waals surface area (Å²) in [5, 5.41) is 3.26. The average molecular weight is 278 g/mol. The molecule has 2 aromatic heterocycles. The van der Waals surface area contributed by atoms with Crippen LogP contribution >= 0.6 is 22.7 Å². The summed E-state index contributed by atoms with van der Waals surface area (Å²) in [6.07, 6.45) is 6.04. The topological polar surface area (TPSA) is 38.9 Å². The fourth-order valence-electron chi connectivity index (χ4n) is 2.52. The SMILES string of the molecule is Cc1nc(CC(N)c2cc3c(s2)CCCC3)cs1. The molecule has 0 fully saturated rings. The molecule has 0 aliphatic heterocycles. The first-order valence-corrected chi connectivity index (χ1v) is 8.20. The molecule has 1 aliphatic carbocycles. The Hall–Kier alpha value is -0.710. The van der Waals surface area contributed by atoms with Gasteiger partial charge in [0.05, 0.1) is 10.7 Å². The van der Waals surface area contributed by atoms with Crippen LogP contribution in [0.25, 0.3) is 0 Å². The van der Waals surface area contributed by atoms with Gasteiger partial charge in [-0.2, -0.15) is 0 Å². The van der Waals surface area contributed by atoms with Gasteiger partial charge >= 0.3 is 0 Å². The Bertz CT molecular complexity index is 518.